The van der Waals surface area contributed by atoms with Crippen molar-refractivity contribution in [1.82, 2.24) is 19.5 Å². The van der Waals surface area contributed by atoms with Crippen LogP contribution < -0.4 is 0 Å². The van der Waals surface area contributed by atoms with E-state index in [1.54, 1.807) is 0 Å². The molecule has 9 aromatic rings. The molecule has 0 amide bonds. The lowest BCUT2D eigenvalue weighted by Gasteiger charge is -2.27. The van der Waals surface area contributed by atoms with Crippen molar-refractivity contribution in [3.63, 3.8) is 0 Å². The van der Waals surface area contributed by atoms with Crippen molar-refractivity contribution in [1.29, 1.82) is 0 Å². The average Bonchev–Trinajstić information content (AvgIpc) is 3.78. The fourth-order valence-corrected chi connectivity index (χ4v) is 9.75. The number of benzene rings is 7. The summed E-state index contributed by atoms with van der Waals surface area (Å²) in [5.41, 5.74) is 17.0. The van der Waals surface area contributed by atoms with E-state index in [0.717, 1.165) is 22.4 Å². The molecule has 2 aliphatic rings. The van der Waals surface area contributed by atoms with Crippen LogP contribution in [0.15, 0.2) is 158 Å². The maximum Gasteiger partial charge on any atom is 0.164 e. The molecule has 2 aromatic heterocycles. The van der Waals surface area contributed by atoms with E-state index in [-0.39, 0.29) is 10.8 Å². The second-order valence-electron chi connectivity index (χ2n) is 16.0. The van der Waals surface area contributed by atoms with Gasteiger partial charge >= 0.3 is 0 Å². The Balaban J connectivity index is 1.24. The van der Waals surface area contributed by atoms with Crippen molar-refractivity contribution in [3.8, 4) is 62.1 Å². The molecule has 7 aromatic carbocycles. The standard InChI is InChI=1S/C51H38N4/c1-50(2)38-27-14-11-24-35(38)41-42-36-25-12-15-28-39(36)51(3,4)45(42)46-43(44(41)50)37-26-13-16-29-40(37)55(46)34-23-17-22-33(30-34)49-53-47(31-18-7-5-8-19-31)52-48(54-49)32-20-9-6-10-21-32/h5-30H,1-4H3. The molecule has 2 aliphatic carbocycles. The molecule has 55 heavy (non-hydrogen) atoms. The van der Waals surface area contributed by atoms with Gasteiger partial charge in [-0.2, -0.15) is 0 Å². The summed E-state index contributed by atoms with van der Waals surface area (Å²) < 4.78 is 2.53. The molecule has 0 spiro atoms. The molecule has 2 heterocycles. The van der Waals surface area contributed by atoms with Crippen LogP contribution in [0.4, 0.5) is 0 Å². The summed E-state index contributed by atoms with van der Waals surface area (Å²) in [5, 5.41) is 2.61. The van der Waals surface area contributed by atoms with E-state index in [9.17, 15) is 0 Å². The Morgan fingerprint density at radius 1 is 0.436 bits per heavy atom. The van der Waals surface area contributed by atoms with E-state index in [2.05, 4.69) is 154 Å². The molecule has 0 saturated carbocycles. The Bertz CT molecular complexity index is 2970. The molecule has 4 nitrogen and oxygen atoms in total. The highest BCUT2D eigenvalue weighted by Gasteiger charge is 2.47. The first-order chi connectivity index (χ1) is 26.8. The van der Waals surface area contributed by atoms with Crippen molar-refractivity contribution < 1.29 is 0 Å². The first kappa shape index (κ1) is 31.8. The van der Waals surface area contributed by atoms with Gasteiger partial charge in [-0.25, -0.2) is 15.0 Å². The Morgan fingerprint density at radius 3 is 1.53 bits per heavy atom. The van der Waals surface area contributed by atoms with Gasteiger partial charge in [-0.15, -0.1) is 0 Å². The highest BCUT2D eigenvalue weighted by Crippen LogP contribution is 2.63. The predicted molar refractivity (Wildman–Crippen MR) is 226 cm³/mol. The van der Waals surface area contributed by atoms with Crippen molar-refractivity contribution in [2.45, 2.75) is 38.5 Å². The third-order valence-electron chi connectivity index (χ3n) is 12.2. The number of nitrogens with zero attached hydrogens (tertiary/aromatic N) is 4. The van der Waals surface area contributed by atoms with Crippen molar-refractivity contribution in [2.24, 2.45) is 0 Å². The van der Waals surface area contributed by atoms with Gasteiger partial charge in [-0.3, -0.25) is 0 Å². The topological polar surface area (TPSA) is 43.6 Å². The summed E-state index contributed by atoms with van der Waals surface area (Å²) in [6, 6.07) is 56.3. The molecule has 11 rings (SSSR count). The van der Waals surface area contributed by atoms with Gasteiger partial charge in [0.25, 0.3) is 0 Å². The van der Waals surface area contributed by atoms with Gasteiger partial charge in [0.05, 0.1) is 11.0 Å². The minimum Gasteiger partial charge on any atom is -0.309 e. The van der Waals surface area contributed by atoms with Gasteiger partial charge in [-0.05, 0) is 62.7 Å². The molecule has 0 bridgehead atoms. The van der Waals surface area contributed by atoms with Crippen LogP contribution in [-0.2, 0) is 10.8 Å². The normalized spacial score (nSPS) is 14.5. The third-order valence-corrected chi connectivity index (χ3v) is 12.2. The first-order valence-corrected chi connectivity index (χ1v) is 19.1. The fourth-order valence-electron chi connectivity index (χ4n) is 9.75. The van der Waals surface area contributed by atoms with Gasteiger partial charge in [-0.1, -0.05) is 167 Å². The highest BCUT2D eigenvalue weighted by molar-refractivity contribution is 6.20. The highest BCUT2D eigenvalue weighted by atomic mass is 15.0. The summed E-state index contributed by atoms with van der Waals surface area (Å²) in [6.07, 6.45) is 0. The predicted octanol–water partition coefficient (Wildman–Crippen LogP) is 12.6. The minimum atomic E-state index is -0.242. The zero-order valence-electron chi connectivity index (χ0n) is 31.3. The molecular weight excluding hydrogens is 669 g/mol. The monoisotopic (exact) mass is 706 g/mol. The number of para-hydroxylation sites is 1. The van der Waals surface area contributed by atoms with E-state index >= 15 is 0 Å². The maximum atomic E-state index is 5.11. The Kier molecular flexibility index (Phi) is 6.61. The third kappa shape index (κ3) is 4.42. The fraction of sp³-hybridized carbons (Fsp3) is 0.118. The number of aromatic nitrogens is 4. The summed E-state index contributed by atoms with van der Waals surface area (Å²) >= 11 is 0. The number of fused-ring (bicyclic) bond motifs is 12. The van der Waals surface area contributed by atoms with E-state index in [4.69, 9.17) is 15.0 Å². The van der Waals surface area contributed by atoms with Crippen LogP contribution >= 0.6 is 0 Å². The summed E-state index contributed by atoms with van der Waals surface area (Å²) in [7, 11) is 0. The van der Waals surface area contributed by atoms with E-state index < -0.39 is 0 Å². The smallest absolute Gasteiger partial charge is 0.164 e. The SMILES string of the molecule is CC1(C)c2ccccc2-c2c3c(c4c(c21)c1ccccc1n4-c1cccc(-c2nc(-c4ccccc4)nc(-c4ccccc4)n2)c1)C(C)(C)c1ccccc1-3. The number of hydrogen-bond acceptors (Lipinski definition) is 3. The Morgan fingerprint density at radius 2 is 0.909 bits per heavy atom. The van der Waals surface area contributed by atoms with Crippen LogP contribution in [0.5, 0.6) is 0 Å². The second-order valence-corrected chi connectivity index (χ2v) is 16.0. The molecular formula is C51H38N4. The van der Waals surface area contributed by atoms with Gasteiger partial charge in [0.2, 0.25) is 0 Å². The van der Waals surface area contributed by atoms with Crippen LogP contribution in [0, 0.1) is 0 Å². The van der Waals surface area contributed by atoms with Crippen molar-refractivity contribution >= 4 is 21.8 Å². The number of rotatable bonds is 4. The molecule has 0 saturated heterocycles. The van der Waals surface area contributed by atoms with Crippen molar-refractivity contribution in [2.75, 3.05) is 0 Å². The Hall–Kier alpha value is -6.65. The van der Waals surface area contributed by atoms with Crippen LogP contribution in [0.2, 0.25) is 0 Å². The molecule has 0 unspecified atom stereocenters. The first-order valence-electron chi connectivity index (χ1n) is 19.1. The molecule has 0 radical (unpaired) electrons. The lowest BCUT2D eigenvalue weighted by atomic mass is 9.76. The van der Waals surface area contributed by atoms with Crippen LogP contribution in [0.1, 0.15) is 49.9 Å². The van der Waals surface area contributed by atoms with Gasteiger partial charge < -0.3 is 4.57 Å². The zero-order valence-corrected chi connectivity index (χ0v) is 31.3. The molecule has 0 N–H and O–H groups in total. The van der Waals surface area contributed by atoms with Crippen LogP contribution in [0.3, 0.4) is 0 Å². The van der Waals surface area contributed by atoms with E-state index in [0.29, 0.717) is 17.5 Å². The van der Waals surface area contributed by atoms with E-state index in [1.807, 2.05) is 36.4 Å². The van der Waals surface area contributed by atoms with Gasteiger partial charge in [0.1, 0.15) is 0 Å². The summed E-state index contributed by atoms with van der Waals surface area (Å²) in [4.78, 5) is 15.2. The van der Waals surface area contributed by atoms with Crippen LogP contribution in [0.25, 0.3) is 83.9 Å². The number of hydrogen-bond donors (Lipinski definition) is 0. The minimum absolute atomic E-state index is 0.204. The summed E-state index contributed by atoms with van der Waals surface area (Å²) in [5.74, 6) is 1.95. The molecule has 4 heteroatoms. The maximum absolute atomic E-state index is 5.11. The largest absolute Gasteiger partial charge is 0.309 e. The molecule has 262 valence electrons. The quantitative estimate of drug-likeness (QED) is 0.183. The van der Waals surface area contributed by atoms with E-state index in [1.165, 1.54) is 66.3 Å². The van der Waals surface area contributed by atoms with Crippen LogP contribution in [-0.4, -0.2) is 19.5 Å². The Labute approximate surface area is 320 Å². The second kappa shape index (κ2) is 11.4. The van der Waals surface area contributed by atoms with Gasteiger partial charge in [0.15, 0.2) is 17.5 Å². The summed E-state index contributed by atoms with van der Waals surface area (Å²) in [6.45, 7) is 9.65. The lowest BCUT2D eigenvalue weighted by molar-refractivity contribution is 0.658. The average molecular weight is 707 g/mol. The van der Waals surface area contributed by atoms with Gasteiger partial charge in [0, 0.05) is 44.0 Å². The molecule has 0 atom stereocenters. The van der Waals surface area contributed by atoms with Crippen molar-refractivity contribution in [3.05, 3.63) is 180 Å². The molecule has 0 aliphatic heterocycles. The lowest BCUT2D eigenvalue weighted by Crippen LogP contribution is -2.19. The zero-order chi connectivity index (χ0) is 37.1. The molecule has 0 fully saturated rings.